The van der Waals surface area contributed by atoms with Gasteiger partial charge in [0.05, 0.1) is 5.92 Å². The monoisotopic (exact) mass is 228 g/mol. The molecule has 92 valence electrons. The number of rotatable bonds is 2. The molecule has 5 heteroatoms. The van der Waals surface area contributed by atoms with Crippen molar-refractivity contribution in [2.75, 3.05) is 13.1 Å². The van der Waals surface area contributed by atoms with Crippen molar-refractivity contribution in [3.63, 3.8) is 0 Å². The molecule has 2 amide bonds. The number of amides is 2. The number of ether oxygens (including phenoxy) is 1. The van der Waals surface area contributed by atoms with E-state index in [0.717, 1.165) is 19.4 Å². The van der Waals surface area contributed by atoms with Crippen molar-refractivity contribution >= 4 is 12.0 Å². The summed E-state index contributed by atoms with van der Waals surface area (Å²) in [6.07, 6.45) is 1.32. The third kappa shape index (κ3) is 4.51. The minimum Gasteiger partial charge on any atom is -0.444 e. The Morgan fingerprint density at radius 1 is 1.56 bits per heavy atom. The predicted octanol–water partition coefficient (Wildman–Crippen LogP) is 1.04. The van der Waals surface area contributed by atoms with E-state index >= 15 is 0 Å². The van der Waals surface area contributed by atoms with E-state index in [1.807, 2.05) is 0 Å². The fourth-order valence-electron chi connectivity index (χ4n) is 1.55. The van der Waals surface area contributed by atoms with Crippen LogP contribution in [-0.2, 0) is 9.53 Å². The zero-order valence-corrected chi connectivity index (χ0v) is 10.1. The molecule has 1 aliphatic rings. The van der Waals surface area contributed by atoms with Crippen molar-refractivity contribution in [1.82, 2.24) is 10.6 Å². The normalized spacial score (nSPS) is 21.2. The van der Waals surface area contributed by atoms with E-state index in [0.29, 0.717) is 6.54 Å². The molecule has 0 aliphatic carbocycles. The van der Waals surface area contributed by atoms with Crippen LogP contribution in [0.15, 0.2) is 0 Å². The van der Waals surface area contributed by atoms with Crippen LogP contribution in [0.25, 0.3) is 0 Å². The van der Waals surface area contributed by atoms with E-state index in [-0.39, 0.29) is 11.8 Å². The Bertz CT molecular complexity index is 271. The highest BCUT2D eigenvalue weighted by molar-refractivity contribution is 5.80. The molecule has 0 saturated carbocycles. The molecule has 0 aromatic rings. The lowest BCUT2D eigenvalue weighted by Gasteiger charge is -2.23. The van der Waals surface area contributed by atoms with Crippen molar-refractivity contribution in [2.45, 2.75) is 39.2 Å². The number of piperidine rings is 1. The molecule has 1 rings (SSSR count). The lowest BCUT2D eigenvalue weighted by molar-refractivity contribution is -0.126. The van der Waals surface area contributed by atoms with Gasteiger partial charge < -0.3 is 15.4 Å². The summed E-state index contributed by atoms with van der Waals surface area (Å²) in [5.74, 6) is -0.108. The maximum Gasteiger partial charge on any atom is 0.407 e. The average molecular weight is 228 g/mol. The molecule has 1 aliphatic heterocycles. The van der Waals surface area contributed by atoms with Gasteiger partial charge in [-0.25, -0.2) is 4.79 Å². The third-order valence-electron chi connectivity index (χ3n) is 2.29. The first-order valence-electron chi connectivity index (χ1n) is 5.63. The number of nitrogens with one attached hydrogen (secondary N) is 2. The van der Waals surface area contributed by atoms with Crippen LogP contribution < -0.4 is 10.6 Å². The number of hydrogen-bond donors (Lipinski definition) is 2. The molecular weight excluding hydrogens is 208 g/mol. The summed E-state index contributed by atoms with van der Waals surface area (Å²) in [4.78, 5) is 22.7. The predicted molar refractivity (Wildman–Crippen MR) is 60.0 cm³/mol. The van der Waals surface area contributed by atoms with Crippen molar-refractivity contribution in [1.29, 1.82) is 0 Å². The number of alkyl carbamates (subject to hydrolysis) is 1. The molecular formula is C11H20N2O3. The molecule has 0 bridgehead atoms. The minimum atomic E-state index is -0.501. The van der Waals surface area contributed by atoms with Gasteiger partial charge in [0.1, 0.15) is 5.60 Å². The van der Waals surface area contributed by atoms with Gasteiger partial charge in [-0.05, 0) is 33.6 Å². The Morgan fingerprint density at radius 3 is 2.81 bits per heavy atom. The molecule has 5 nitrogen and oxygen atoms in total. The molecule has 2 N–H and O–H groups in total. The van der Waals surface area contributed by atoms with Crippen LogP contribution in [0.2, 0.25) is 0 Å². The van der Waals surface area contributed by atoms with Crippen LogP contribution in [0.4, 0.5) is 4.79 Å². The molecule has 0 radical (unpaired) electrons. The molecule has 1 saturated heterocycles. The highest BCUT2D eigenvalue weighted by Crippen LogP contribution is 2.11. The fraction of sp³-hybridized carbons (Fsp3) is 0.818. The van der Waals surface area contributed by atoms with Gasteiger partial charge in [0, 0.05) is 13.1 Å². The Labute approximate surface area is 95.9 Å². The molecule has 1 atom stereocenters. The SMILES string of the molecule is CC(C)(C)OC(=O)NCC1CCCNC1=O. The Morgan fingerprint density at radius 2 is 2.25 bits per heavy atom. The zero-order valence-electron chi connectivity index (χ0n) is 10.1. The van der Waals surface area contributed by atoms with Crippen molar-refractivity contribution in [2.24, 2.45) is 5.92 Å². The van der Waals surface area contributed by atoms with Crippen LogP contribution in [-0.4, -0.2) is 30.7 Å². The molecule has 1 heterocycles. The lowest BCUT2D eigenvalue weighted by Crippen LogP contribution is -2.43. The van der Waals surface area contributed by atoms with Gasteiger partial charge in [-0.15, -0.1) is 0 Å². The van der Waals surface area contributed by atoms with E-state index in [1.54, 1.807) is 20.8 Å². The summed E-state index contributed by atoms with van der Waals surface area (Å²) in [7, 11) is 0. The number of hydrogen-bond acceptors (Lipinski definition) is 3. The molecule has 16 heavy (non-hydrogen) atoms. The summed E-state index contributed by atoms with van der Waals surface area (Å²) in [5, 5.41) is 5.39. The van der Waals surface area contributed by atoms with Gasteiger partial charge in [-0.1, -0.05) is 0 Å². The van der Waals surface area contributed by atoms with Gasteiger partial charge in [0.25, 0.3) is 0 Å². The molecule has 0 aromatic carbocycles. The van der Waals surface area contributed by atoms with E-state index in [2.05, 4.69) is 10.6 Å². The summed E-state index contributed by atoms with van der Waals surface area (Å²) in [5.41, 5.74) is -0.501. The third-order valence-corrected chi connectivity index (χ3v) is 2.29. The van der Waals surface area contributed by atoms with Crippen LogP contribution in [0.5, 0.6) is 0 Å². The van der Waals surface area contributed by atoms with Crippen LogP contribution in [0.1, 0.15) is 33.6 Å². The Kier molecular flexibility index (Phi) is 4.15. The van der Waals surface area contributed by atoms with Gasteiger partial charge in [0.15, 0.2) is 0 Å². The Balaban J connectivity index is 2.28. The molecule has 0 spiro atoms. The summed E-state index contributed by atoms with van der Waals surface area (Å²) in [6.45, 7) is 6.50. The van der Waals surface area contributed by atoms with Gasteiger partial charge >= 0.3 is 6.09 Å². The van der Waals surface area contributed by atoms with E-state index in [9.17, 15) is 9.59 Å². The first-order chi connectivity index (χ1) is 7.38. The van der Waals surface area contributed by atoms with Gasteiger partial charge in [0.2, 0.25) is 5.91 Å². The second-order valence-electron chi connectivity index (χ2n) is 5.01. The number of carbonyl (C=O) groups excluding carboxylic acids is 2. The van der Waals surface area contributed by atoms with Crippen molar-refractivity contribution in [3.8, 4) is 0 Å². The maximum atomic E-state index is 11.4. The van der Waals surface area contributed by atoms with Crippen LogP contribution in [0, 0.1) is 5.92 Å². The lowest BCUT2D eigenvalue weighted by atomic mass is 9.99. The molecule has 1 unspecified atom stereocenters. The smallest absolute Gasteiger partial charge is 0.407 e. The van der Waals surface area contributed by atoms with Crippen molar-refractivity contribution in [3.05, 3.63) is 0 Å². The van der Waals surface area contributed by atoms with Crippen LogP contribution >= 0.6 is 0 Å². The first-order valence-corrected chi connectivity index (χ1v) is 5.63. The van der Waals surface area contributed by atoms with Gasteiger partial charge in [-0.2, -0.15) is 0 Å². The standard InChI is InChI=1S/C11H20N2O3/c1-11(2,3)16-10(15)13-7-8-5-4-6-12-9(8)14/h8H,4-7H2,1-3H3,(H,12,14)(H,13,15). The summed E-state index contributed by atoms with van der Waals surface area (Å²) < 4.78 is 5.08. The maximum absolute atomic E-state index is 11.4. The largest absolute Gasteiger partial charge is 0.444 e. The average Bonchev–Trinajstić information content (AvgIpc) is 2.14. The van der Waals surface area contributed by atoms with E-state index in [4.69, 9.17) is 4.74 Å². The molecule has 1 fully saturated rings. The van der Waals surface area contributed by atoms with Crippen molar-refractivity contribution < 1.29 is 14.3 Å². The summed E-state index contributed by atoms with van der Waals surface area (Å²) >= 11 is 0. The quantitative estimate of drug-likeness (QED) is 0.742. The minimum absolute atomic E-state index is 0.0160. The number of carbonyl (C=O) groups is 2. The van der Waals surface area contributed by atoms with Gasteiger partial charge in [-0.3, -0.25) is 4.79 Å². The highest BCUT2D eigenvalue weighted by Gasteiger charge is 2.23. The fourth-order valence-corrected chi connectivity index (χ4v) is 1.55. The topological polar surface area (TPSA) is 67.4 Å². The second kappa shape index (κ2) is 5.18. The zero-order chi connectivity index (χ0) is 12.2. The summed E-state index contributed by atoms with van der Waals surface area (Å²) in [6, 6.07) is 0. The Hall–Kier alpha value is -1.26. The van der Waals surface area contributed by atoms with E-state index in [1.165, 1.54) is 0 Å². The second-order valence-corrected chi connectivity index (χ2v) is 5.01. The van der Waals surface area contributed by atoms with E-state index < -0.39 is 11.7 Å². The first kappa shape index (κ1) is 12.8. The van der Waals surface area contributed by atoms with Crippen LogP contribution in [0.3, 0.4) is 0 Å². The highest BCUT2D eigenvalue weighted by atomic mass is 16.6. The molecule has 0 aromatic heterocycles.